The highest BCUT2D eigenvalue weighted by Crippen LogP contribution is 2.63. The van der Waals surface area contributed by atoms with Gasteiger partial charge in [-0.15, -0.1) is 0 Å². The zero-order valence-electron chi connectivity index (χ0n) is 17.2. The predicted molar refractivity (Wildman–Crippen MR) is 94.3 cm³/mol. The highest BCUT2D eigenvalue weighted by Gasteiger charge is 2.87. The second-order valence-corrected chi connectivity index (χ2v) is 7.99. The van der Waals surface area contributed by atoms with Crippen LogP contribution in [0.15, 0.2) is 24.5 Å². The largest absolute Gasteiger partial charge is 0.492 e. The van der Waals surface area contributed by atoms with Gasteiger partial charge in [-0.25, -0.2) is 13.6 Å². The maximum Gasteiger partial charge on any atom is 0.379 e. The first-order valence-electron chi connectivity index (χ1n) is 8.41. The first-order valence-corrected chi connectivity index (χ1v) is 8.99. The summed E-state index contributed by atoms with van der Waals surface area (Å²) in [6.07, 6.45) is 0. The summed E-state index contributed by atoms with van der Waals surface area (Å²) >= 11 is 0. The Labute approximate surface area is 182 Å². The van der Waals surface area contributed by atoms with E-state index in [4.69, 9.17) is 0 Å². The average Bonchev–Trinajstić information content (AvgIpc) is 2.63. The Kier molecular flexibility index (Phi) is 8.72. The lowest BCUT2D eigenvalue weighted by Crippen LogP contribution is -2.73. The van der Waals surface area contributed by atoms with Crippen LogP contribution in [-0.2, 0) is 14.3 Å². The molecule has 3 nitrogen and oxygen atoms in total. The zero-order chi connectivity index (χ0) is 27.1. The van der Waals surface area contributed by atoms with Gasteiger partial charge < -0.3 is 9.47 Å². The van der Waals surface area contributed by atoms with Crippen molar-refractivity contribution in [3.8, 4) is 0 Å². The molecule has 0 aromatic rings. The number of carbonyl (C=O) groups is 1. The van der Waals surface area contributed by atoms with Gasteiger partial charge in [0.15, 0.2) is 13.2 Å². The number of hydrogen-bond acceptors (Lipinski definition) is 3. The first-order chi connectivity index (χ1) is 14.2. The summed E-state index contributed by atoms with van der Waals surface area (Å²) in [4.78, 5) is 11.1. The molecule has 0 amide bonds. The third-order valence-electron chi connectivity index (χ3n) is 4.28. The molecule has 0 saturated carbocycles. The van der Waals surface area contributed by atoms with Gasteiger partial charge in [-0.3, -0.25) is 0 Å². The first kappa shape index (κ1) is 31.3. The van der Waals surface area contributed by atoms with E-state index in [1.165, 1.54) is 0 Å². The van der Waals surface area contributed by atoms with Gasteiger partial charge in [0.1, 0.15) is 0 Å². The van der Waals surface area contributed by atoms with Crippen molar-refractivity contribution in [1.29, 1.82) is 0 Å². The van der Waals surface area contributed by atoms with Crippen LogP contribution in [0.25, 0.3) is 0 Å². The summed E-state index contributed by atoms with van der Waals surface area (Å²) in [5.74, 6) is -35.0. The molecule has 0 N–H and O–H groups in total. The molecule has 0 spiro atoms. The second kappa shape index (κ2) is 9.18. The van der Waals surface area contributed by atoms with Crippen LogP contribution in [0, 0.1) is 0 Å². The highest BCUT2D eigenvalue weighted by molar-refractivity contribution is 7.19. The van der Waals surface area contributed by atoms with Crippen LogP contribution in [0.4, 0.5) is 52.7 Å². The number of halogens is 12. The molecule has 0 saturated heterocycles. The minimum atomic E-state index is -7.05. The van der Waals surface area contributed by atoms with Gasteiger partial charge in [0, 0.05) is 5.57 Å². The molecule has 3 atom stereocenters. The third-order valence-corrected chi connectivity index (χ3v) is 5.18. The van der Waals surface area contributed by atoms with Crippen LogP contribution >= 0.6 is 9.24 Å². The summed E-state index contributed by atoms with van der Waals surface area (Å²) in [6.45, 7) is 1.16. The minimum absolute atomic E-state index is 0.178. The van der Waals surface area contributed by atoms with E-state index in [0.29, 0.717) is 0 Å². The molecule has 194 valence electrons. The van der Waals surface area contributed by atoms with Gasteiger partial charge in [-0.2, -0.15) is 43.9 Å². The fourth-order valence-corrected chi connectivity index (χ4v) is 2.36. The second-order valence-electron chi connectivity index (χ2n) is 7.19. The fraction of sp³-hybridized carbons (Fsp3) is 0.706. The molecule has 0 aliphatic heterocycles. The molecule has 0 aromatic heterocycles. The lowest BCUT2D eigenvalue weighted by molar-refractivity contribution is -0.370. The van der Waals surface area contributed by atoms with Crippen molar-refractivity contribution in [1.82, 2.24) is 0 Å². The van der Waals surface area contributed by atoms with E-state index in [0.717, 1.165) is 13.8 Å². The number of carbonyl (C=O) groups excluding carboxylic acids is 1. The molecule has 2 unspecified atom stereocenters. The lowest BCUT2D eigenvalue weighted by atomic mass is 9.83. The number of allylic oxidation sites excluding steroid dienone is 1. The van der Waals surface area contributed by atoms with Gasteiger partial charge in [0.25, 0.3) is 0 Å². The van der Waals surface area contributed by atoms with Crippen LogP contribution in [-0.4, -0.2) is 59.9 Å². The fourth-order valence-electron chi connectivity index (χ4n) is 2.00. The Balaban J connectivity index is 6.37. The molecule has 0 heterocycles. The maximum absolute atomic E-state index is 14.7. The summed E-state index contributed by atoms with van der Waals surface area (Å²) in [6, 6.07) is 0. The summed E-state index contributed by atoms with van der Waals surface area (Å²) in [5, 5.41) is -6.14. The monoisotopic (exact) mass is 530 g/mol. The number of ether oxygens (including phenoxy) is 2. The molecular weight excluding hydrogens is 511 g/mol. The molecular formula is C17H19F12O3P. The number of esters is 1. The van der Waals surface area contributed by atoms with Crippen molar-refractivity contribution < 1.29 is 67.0 Å². The molecule has 0 radical (unpaired) electrons. The summed E-state index contributed by atoms with van der Waals surface area (Å²) < 4.78 is 177. The molecule has 16 heteroatoms. The van der Waals surface area contributed by atoms with Crippen molar-refractivity contribution >= 4 is 15.2 Å². The standard InChI is InChI=1S/C17H19F12O3P/c1-8(2)10(30)32-7-12(19,20)14(23,24)11(5,18)17(29,33)16(27,28)15(25,26)13(21,22)6-31-9(3)4/h1,3,6-7,33H2,2,4-5H3/t11?,17-/m0/s1. The Morgan fingerprint density at radius 1 is 0.727 bits per heavy atom. The minimum Gasteiger partial charge on any atom is -0.492 e. The third kappa shape index (κ3) is 5.22. The average molecular weight is 530 g/mol. The van der Waals surface area contributed by atoms with Crippen LogP contribution in [0.5, 0.6) is 0 Å². The molecule has 33 heavy (non-hydrogen) atoms. The van der Waals surface area contributed by atoms with Gasteiger partial charge in [0.05, 0.1) is 5.76 Å². The Morgan fingerprint density at radius 3 is 1.45 bits per heavy atom. The molecule has 0 rings (SSSR count). The number of rotatable bonds is 12. The molecule has 0 aromatic carbocycles. The molecule has 0 bridgehead atoms. The van der Waals surface area contributed by atoms with E-state index in [2.05, 4.69) is 22.6 Å². The SMILES string of the molecule is C=C(C)OCC(F)(F)C(F)(F)C(F)(F)[C@@](F)(P)C(C)(F)C(F)(F)C(F)(F)COC(=O)C(=C)C. The van der Waals surface area contributed by atoms with Crippen LogP contribution in [0.2, 0.25) is 0 Å². The Bertz CT molecular complexity index is 777. The molecule has 0 fully saturated rings. The van der Waals surface area contributed by atoms with Gasteiger partial charge in [-0.1, -0.05) is 22.4 Å². The Morgan fingerprint density at radius 2 is 1.09 bits per heavy atom. The number of hydrogen-bond donors (Lipinski definition) is 0. The molecule has 0 aliphatic rings. The van der Waals surface area contributed by atoms with Crippen LogP contribution < -0.4 is 0 Å². The van der Waals surface area contributed by atoms with E-state index < -0.39 is 78.1 Å². The van der Waals surface area contributed by atoms with Gasteiger partial charge in [0.2, 0.25) is 11.1 Å². The number of alkyl halides is 12. The van der Waals surface area contributed by atoms with Gasteiger partial charge in [-0.05, 0) is 20.8 Å². The topological polar surface area (TPSA) is 35.5 Å². The van der Waals surface area contributed by atoms with E-state index >= 15 is 0 Å². The zero-order valence-corrected chi connectivity index (χ0v) is 18.3. The predicted octanol–water partition coefficient (Wildman–Crippen LogP) is 6.10. The van der Waals surface area contributed by atoms with E-state index in [1.54, 1.807) is 0 Å². The van der Waals surface area contributed by atoms with Crippen LogP contribution in [0.1, 0.15) is 20.8 Å². The quantitative estimate of drug-likeness (QED) is 0.101. The van der Waals surface area contributed by atoms with Crippen molar-refractivity contribution in [3.63, 3.8) is 0 Å². The van der Waals surface area contributed by atoms with E-state index in [9.17, 15) is 57.5 Å². The van der Waals surface area contributed by atoms with Gasteiger partial charge >= 0.3 is 35.6 Å². The van der Waals surface area contributed by atoms with E-state index in [-0.39, 0.29) is 9.24 Å². The van der Waals surface area contributed by atoms with Crippen molar-refractivity contribution in [3.05, 3.63) is 24.5 Å². The van der Waals surface area contributed by atoms with Crippen molar-refractivity contribution in [2.24, 2.45) is 0 Å². The van der Waals surface area contributed by atoms with Crippen LogP contribution in [0.3, 0.4) is 0 Å². The lowest BCUT2D eigenvalue weighted by Gasteiger charge is -2.47. The molecule has 0 aliphatic carbocycles. The van der Waals surface area contributed by atoms with E-state index in [1.807, 2.05) is 0 Å². The summed E-state index contributed by atoms with van der Waals surface area (Å²) in [5.41, 5.74) is -6.59. The Hall–Kier alpha value is -1.66. The summed E-state index contributed by atoms with van der Waals surface area (Å²) in [7, 11) is -0.178. The highest BCUT2D eigenvalue weighted by atomic mass is 31.0. The normalized spacial score (nSPS) is 17.6. The maximum atomic E-state index is 14.7. The van der Waals surface area contributed by atoms with Crippen molar-refractivity contribution in [2.45, 2.75) is 61.5 Å². The smallest absolute Gasteiger partial charge is 0.379 e. The van der Waals surface area contributed by atoms with Crippen molar-refractivity contribution in [2.75, 3.05) is 13.2 Å².